The summed E-state index contributed by atoms with van der Waals surface area (Å²) in [6.07, 6.45) is 8.73. The van der Waals surface area contributed by atoms with Crippen molar-refractivity contribution in [2.75, 3.05) is 50.0 Å². The standard InChI is InChI=1S/C42H50N10O7/c1-25(2)59-40-33(46-38(55)32(21-43)37-44-13-4-14-45-37)19-27(34(24-53)47-40)23-49(3)28-11-15-50(16-12-28)22-26-9-17-51(18-10-26)29-5-6-30-31(20-29)42(58)52(41(30)57)35-7-8-36(54)48-39(35)56/h4-6,13-14,19-21,24-26,28,35H,7-12,15-18,22-23,43H2,1-3H3,(H,46,55)(H,48,54,56)/b32-21+. The van der Waals surface area contributed by atoms with Crippen LogP contribution in [-0.4, -0.2) is 123 Å². The summed E-state index contributed by atoms with van der Waals surface area (Å²) in [5, 5.41) is 5.09. The maximum absolute atomic E-state index is 13.4. The molecule has 1 atom stereocenters. The molecule has 0 bridgehead atoms. The summed E-state index contributed by atoms with van der Waals surface area (Å²) in [4.78, 5) is 97.0. The fourth-order valence-corrected chi connectivity index (χ4v) is 8.40. The number of nitrogens with zero attached hydrogens (tertiary/aromatic N) is 7. The van der Waals surface area contributed by atoms with Gasteiger partial charge in [0, 0.05) is 62.9 Å². The zero-order valence-electron chi connectivity index (χ0n) is 33.6. The number of pyridine rings is 1. The van der Waals surface area contributed by atoms with Crippen LogP contribution >= 0.6 is 0 Å². The first-order valence-electron chi connectivity index (χ1n) is 20.1. The largest absolute Gasteiger partial charge is 0.473 e. The average Bonchev–Trinajstić information content (AvgIpc) is 3.47. The van der Waals surface area contributed by atoms with Crippen LogP contribution in [0.25, 0.3) is 5.57 Å². The first-order chi connectivity index (χ1) is 28.4. The number of nitrogens with two attached hydrogens (primary N) is 1. The van der Waals surface area contributed by atoms with Gasteiger partial charge in [-0.1, -0.05) is 0 Å². The SMILES string of the molecule is CC(C)Oc1nc(C=O)c(CN(C)C2CCN(CC3CCN(c4ccc5c(c4)C(=O)N(C4CCC(=O)NC4=O)C5=O)CC3)CC2)cc1NC(=O)/C(=C/N)c1ncccn1. The van der Waals surface area contributed by atoms with Gasteiger partial charge in [0.15, 0.2) is 12.1 Å². The van der Waals surface area contributed by atoms with Crippen molar-refractivity contribution < 1.29 is 33.5 Å². The number of carbonyl (C=O) groups excluding carboxylic acids is 6. The Hall–Kier alpha value is -6.07. The second-order valence-corrected chi connectivity index (χ2v) is 15.8. The third-order valence-electron chi connectivity index (χ3n) is 11.5. The molecule has 17 nitrogen and oxygen atoms in total. The summed E-state index contributed by atoms with van der Waals surface area (Å²) in [6.45, 7) is 8.63. The normalized spacial score (nSPS) is 19.7. The lowest BCUT2D eigenvalue weighted by Gasteiger charge is -2.40. The Kier molecular flexibility index (Phi) is 12.4. The van der Waals surface area contributed by atoms with Crippen LogP contribution in [0.3, 0.4) is 0 Å². The molecule has 0 saturated carbocycles. The molecule has 4 aliphatic heterocycles. The highest BCUT2D eigenvalue weighted by Gasteiger charge is 2.45. The predicted octanol–water partition coefficient (Wildman–Crippen LogP) is 2.62. The van der Waals surface area contributed by atoms with Crippen molar-refractivity contribution in [1.82, 2.24) is 35.0 Å². The summed E-state index contributed by atoms with van der Waals surface area (Å²) in [7, 11) is 2.04. The van der Waals surface area contributed by atoms with Crippen molar-refractivity contribution in [3.05, 3.63) is 77.1 Å². The number of rotatable bonds is 13. The number of aromatic nitrogens is 3. The summed E-state index contributed by atoms with van der Waals surface area (Å²) in [6, 6.07) is 7.97. The zero-order valence-corrected chi connectivity index (χ0v) is 33.6. The Bertz CT molecular complexity index is 2150. The molecule has 0 spiro atoms. The van der Waals surface area contributed by atoms with Crippen molar-refractivity contribution >= 4 is 52.8 Å². The average molecular weight is 807 g/mol. The number of fused-ring (bicyclic) bond motifs is 1. The van der Waals surface area contributed by atoms with Crippen LogP contribution in [0.15, 0.2) is 48.9 Å². The van der Waals surface area contributed by atoms with Gasteiger partial charge in [0.2, 0.25) is 17.7 Å². The third kappa shape index (κ3) is 9.00. The molecule has 310 valence electrons. The number of hydrogen-bond acceptors (Lipinski definition) is 14. The monoisotopic (exact) mass is 806 g/mol. The molecule has 59 heavy (non-hydrogen) atoms. The summed E-state index contributed by atoms with van der Waals surface area (Å²) >= 11 is 0. The topological polar surface area (TPSA) is 213 Å². The fraction of sp³-hybridized carbons (Fsp3) is 0.452. The van der Waals surface area contributed by atoms with E-state index in [0.29, 0.717) is 35.6 Å². The number of piperidine rings is 3. The van der Waals surface area contributed by atoms with Gasteiger partial charge < -0.3 is 25.6 Å². The van der Waals surface area contributed by atoms with E-state index in [4.69, 9.17) is 10.5 Å². The van der Waals surface area contributed by atoms with Gasteiger partial charge in [-0.25, -0.2) is 15.0 Å². The van der Waals surface area contributed by atoms with Gasteiger partial charge in [-0.2, -0.15) is 0 Å². The number of aldehydes is 1. The predicted molar refractivity (Wildman–Crippen MR) is 217 cm³/mol. The summed E-state index contributed by atoms with van der Waals surface area (Å²) < 4.78 is 5.91. The Morgan fingerprint density at radius 1 is 1.00 bits per heavy atom. The molecule has 4 N–H and O–H groups in total. The zero-order chi connectivity index (χ0) is 41.8. The Morgan fingerprint density at radius 3 is 2.37 bits per heavy atom. The Morgan fingerprint density at radius 2 is 1.71 bits per heavy atom. The van der Waals surface area contributed by atoms with Gasteiger partial charge in [0.1, 0.15) is 17.4 Å². The molecular formula is C42H50N10O7. The molecule has 7 rings (SSSR count). The Labute approximate surface area is 342 Å². The van der Waals surface area contributed by atoms with E-state index < -0.39 is 35.6 Å². The molecule has 3 fully saturated rings. The number of ether oxygens (including phenoxy) is 1. The maximum Gasteiger partial charge on any atom is 0.262 e. The van der Waals surface area contributed by atoms with Crippen molar-refractivity contribution in [3.63, 3.8) is 0 Å². The number of imide groups is 2. The number of hydrogen-bond donors (Lipinski definition) is 3. The molecule has 17 heteroatoms. The lowest BCUT2D eigenvalue weighted by atomic mass is 9.94. The molecular weight excluding hydrogens is 757 g/mol. The smallest absolute Gasteiger partial charge is 0.262 e. The van der Waals surface area contributed by atoms with E-state index in [2.05, 4.69) is 40.3 Å². The highest BCUT2D eigenvalue weighted by molar-refractivity contribution is 6.25. The van der Waals surface area contributed by atoms with E-state index in [9.17, 15) is 28.8 Å². The Balaban J connectivity index is 0.917. The summed E-state index contributed by atoms with van der Waals surface area (Å²) in [5.74, 6) is -1.74. The lowest BCUT2D eigenvalue weighted by molar-refractivity contribution is -0.136. The van der Waals surface area contributed by atoms with E-state index in [0.717, 1.165) is 75.2 Å². The van der Waals surface area contributed by atoms with E-state index in [1.54, 1.807) is 24.3 Å². The summed E-state index contributed by atoms with van der Waals surface area (Å²) in [5.41, 5.74) is 8.54. The van der Waals surface area contributed by atoms with E-state index in [-0.39, 0.29) is 53.5 Å². The van der Waals surface area contributed by atoms with Crippen molar-refractivity contribution in [1.29, 1.82) is 0 Å². The third-order valence-corrected chi connectivity index (χ3v) is 11.5. The second-order valence-electron chi connectivity index (χ2n) is 15.8. The highest BCUT2D eigenvalue weighted by atomic mass is 16.5. The number of anilines is 2. The first kappa shape index (κ1) is 41.1. The number of benzene rings is 1. The minimum Gasteiger partial charge on any atom is -0.473 e. The molecule has 3 aromatic rings. The molecule has 0 radical (unpaired) electrons. The number of amides is 5. The van der Waals surface area contributed by atoms with E-state index >= 15 is 0 Å². The molecule has 6 heterocycles. The van der Waals surface area contributed by atoms with Crippen LogP contribution in [0, 0.1) is 5.92 Å². The minimum atomic E-state index is -0.987. The van der Waals surface area contributed by atoms with Gasteiger partial charge in [-0.15, -0.1) is 0 Å². The lowest BCUT2D eigenvalue weighted by Crippen LogP contribution is -2.54. The van der Waals surface area contributed by atoms with Crippen LogP contribution in [-0.2, 0) is 20.9 Å². The van der Waals surface area contributed by atoms with Crippen molar-refractivity contribution in [3.8, 4) is 5.88 Å². The van der Waals surface area contributed by atoms with E-state index in [1.807, 2.05) is 27.0 Å². The van der Waals surface area contributed by atoms with E-state index in [1.165, 1.54) is 12.4 Å². The quantitative estimate of drug-likeness (QED) is 0.129. The minimum absolute atomic E-state index is 0.0774. The van der Waals surface area contributed by atoms with Gasteiger partial charge in [0.05, 0.1) is 22.8 Å². The maximum atomic E-state index is 13.4. The van der Waals surface area contributed by atoms with Crippen LogP contribution in [0.1, 0.15) is 95.0 Å². The molecule has 0 aliphatic carbocycles. The molecule has 4 aliphatic rings. The highest BCUT2D eigenvalue weighted by Crippen LogP contribution is 2.33. The fourth-order valence-electron chi connectivity index (χ4n) is 8.40. The number of carbonyl (C=O) groups is 6. The van der Waals surface area contributed by atoms with Crippen molar-refractivity contribution in [2.45, 2.75) is 77.1 Å². The molecule has 1 aromatic carbocycles. The molecule has 5 amide bonds. The number of likely N-dealkylation sites (tertiary alicyclic amines) is 1. The number of nitrogens with one attached hydrogen (secondary N) is 2. The van der Waals surface area contributed by atoms with Crippen LogP contribution in [0.2, 0.25) is 0 Å². The van der Waals surface area contributed by atoms with Crippen LogP contribution < -0.4 is 26.0 Å². The second kappa shape index (κ2) is 17.8. The van der Waals surface area contributed by atoms with Crippen molar-refractivity contribution in [2.24, 2.45) is 11.7 Å². The van der Waals surface area contributed by atoms with Gasteiger partial charge >= 0.3 is 0 Å². The van der Waals surface area contributed by atoms with Crippen LogP contribution in [0.5, 0.6) is 5.88 Å². The van der Waals surface area contributed by atoms with Gasteiger partial charge in [-0.3, -0.25) is 43.9 Å². The van der Waals surface area contributed by atoms with Crippen LogP contribution in [0.4, 0.5) is 11.4 Å². The van der Waals surface area contributed by atoms with Gasteiger partial charge in [-0.05, 0) is 108 Å². The first-order valence-corrected chi connectivity index (χ1v) is 20.1. The molecule has 3 saturated heterocycles. The molecule has 2 aromatic heterocycles. The van der Waals surface area contributed by atoms with Gasteiger partial charge in [0.25, 0.3) is 17.7 Å². The molecule has 1 unspecified atom stereocenters.